The van der Waals surface area contributed by atoms with E-state index in [1.165, 1.54) is 22.5 Å². The monoisotopic (exact) mass is 374 g/mol. The molecule has 2 atom stereocenters. The zero-order chi connectivity index (χ0) is 19.1. The van der Waals surface area contributed by atoms with Crippen LogP contribution in [0, 0.1) is 0 Å². The highest BCUT2D eigenvalue weighted by Crippen LogP contribution is 2.28. The molecule has 0 aliphatic carbocycles. The second-order valence-corrected chi connectivity index (χ2v) is 8.36. The van der Waals surface area contributed by atoms with E-state index in [0.29, 0.717) is 12.1 Å². The minimum Gasteiger partial charge on any atom is -0.349 e. The fourth-order valence-electron chi connectivity index (χ4n) is 4.91. The third kappa shape index (κ3) is 3.21. The van der Waals surface area contributed by atoms with Crippen LogP contribution in [0.15, 0.2) is 60.9 Å². The maximum Gasteiger partial charge on any atom is 0.0476 e. The fraction of sp³-hybridized carbons (Fsp3) is 0.417. The lowest BCUT2D eigenvalue weighted by atomic mass is 10.1. The molecule has 3 aromatic rings. The topological polar surface area (TPSA) is 16.3 Å². The van der Waals surface area contributed by atoms with E-state index in [1.807, 2.05) is 0 Å². The summed E-state index contributed by atoms with van der Waals surface area (Å²) in [6, 6.07) is 19.1. The molecule has 5 rings (SSSR count). The second-order valence-electron chi connectivity index (χ2n) is 8.36. The lowest BCUT2D eigenvalue weighted by Gasteiger charge is -2.35. The van der Waals surface area contributed by atoms with Gasteiger partial charge in [-0.15, -0.1) is 0 Å². The Kier molecular flexibility index (Phi) is 4.61. The van der Waals surface area contributed by atoms with Crippen LogP contribution >= 0.6 is 0 Å². The highest BCUT2D eigenvalue weighted by atomic mass is 15.2. The van der Waals surface area contributed by atoms with Gasteiger partial charge in [0.1, 0.15) is 0 Å². The number of benzene rings is 1. The quantitative estimate of drug-likeness (QED) is 0.671. The summed E-state index contributed by atoms with van der Waals surface area (Å²) < 4.78 is 4.78. The highest BCUT2D eigenvalue weighted by molar-refractivity contribution is 5.24. The van der Waals surface area contributed by atoms with Gasteiger partial charge < -0.3 is 9.13 Å². The molecule has 2 aliphatic heterocycles. The van der Waals surface area contributed by atoms with E-state index < -0.39 is 0 Å². The van der Waals surface area contributed by atoms with Gasteiger partial charge in [-0.2, -0.15) is 0 Å². The molecule has 0 bridgehead atoms. The predicted octanol–water partition coefficient (Wildman–Crippen LogP) is 4.44. The molecule has 1 aromatic carbocycles. The highest BCUT2D eigenvalue weighted by Gasteiger charge is 2.24. The number of fused-ring (bicyclic) bond motifs is 2. The first kappa shape index (κ1) is 17.8. The van der Waals surface area contributed by atoms with Crippen LogP contribution in [0.1, 0.15) is 48.4 Å². The van der Waals surface area contributed by atoms with Crippen molar-refractivity contribution >= 4 is 0 Å². The van der Waals surface area contributed by atoms with Crippen molar-refractivity contribution < 1.29 is 0 Å². The van der Waals surface area contributed by atoms with E-state index in [9.17, 15) is 0 Å². The first-order valence-corrected chi connectivity index (χ1v) is 10.5. The Morgan fingerprint density at radius 1 is 0.643 bits per heavy atom. The molecule has 28 heavy (non-hydrogen) atoms. The summed E-state index contributed by atoms with van der Waals surface area (Å²) in [5.74, 6) is 0. The van der Waals surface area contributed by atoms with Gasteiger partial charge in [-0.05, 0) is 49.2 Å². The van der Waals surface area contributed by atoms with Crippen molar-refractivity contribution in [3.63, 3.8) is 0 Å². The van der Waals surface area contributed by atoms with Crippen molar-refractivity contribution in [2.24, 2.45) is 0 Å². The average molecular weight is 375 g/mol. The lowest BCUT2D eigenvalue weighted by molar-refractivity contribution is 0.159. The van der Waals surface area contributed by atoms with E-state index in [0.717, 1.165) is 39.3 Å². The summed E-state index contributed by atoms with van der Waals surface area (Å²) in [5, 5.41) is 0. The van der Waals surface area contributed by atoms with Crippen LogP contribution in [0.4, 0.5) is 0 Å². The molecule has 0 saturated carbocycles. The molecular formula is C24H30N4. The summed E-state index contributed by atoms with van der Waals surface area (Å²) in [6.45, 7) is 11.1. The zero-order valence-corrected chi connectivity index (χ0v) is 17.0. The number of aromatic nitrogens is 2. The average Bonchev–Trinajstić information content (AvgIpc) is 3.37. The Morgan fingerprint density at radius 3 is 1.50 bits per heavy atom. The first-order valence-electron chi connectivity index (χ1n) is 10.5. The van der Waals surface area contributed by atoms with Crippen molar-refractivity contribution in [3.8, 4) is 0 Å². The molecule has 0 amide bonds. The maximum atomic E-state index is 2.59. The molecule has 2 aromatic heterocycles. The summed E-state index contributed by atoms with van der Waals surface area (Å²) in [4.78, 5) is 5.18. The molecule has 0 spiro atoms. The smallest absolute Gasteiger partial charge is 0.0476 e. The number of hydrogen-bond acceptors (Lipinski definition) is 2. The Labute approximate surface area is 168 Å². The van der Waals surface area contributed by atoms with Gasteiger partial charge in [0.25, 0.3) is 0 Å². The molecule has 0 unspecified atom stereocenters. The molecule has 146 valence electrons. The van der Waals surface area contributed by atoms with Crippen LogP contribution < -0.4 is 0 Å². The second kappa shape index (κ2) is 7.26. The van der Waals surface area contributed by atoms with Crippen molar-refractivity contribution in [3.05, 3.63) is 83.4 Å². The van der Waals surface area contributed by atoms with Crippen LogP contribution in [0.25, 0.3) is 0 Å². The zero-order valence-electron chi connectivity index (χ0n) is 17.0. The fourth-order valence-corrected chi connectivity index (χ4v) is 4.91. The van der Waals surface area contributed by atoms with Crippen molar-refractivity contribution in [2.75, 3.05) is 13.1 Å². The molecule has 0 N–H and O–H groups in total. The third-order valence-corrected chi connectivity index (χ3v) is 6.73. The number of rotatable bonds is 4. The lowest BCUT2D eigenvalue weighted by Crippen LogP contribution is -2.36. The molecule has 4 heteroatoms. The minimum atomic E-state index is 0.480. The van der Waals surface area contributed by atoms with E-state index in [2.05, 4.69) is 93.7 Å². The molecule has 0 fully saturated rings. The SMILES string of the molecule is C[C@@H]1c2cccn2CCN1Cc1ccc(CN2CCn3cccc3[C@H]2C)cc1. The number of nitrogens with zero attached hydrogens (tertiary/aromatic N) is 4. The van der Waals surface area contributed by atoms with Gasteiger partial charge >= 0.3 is 0 Å². The van der Waals surface area contributed by atoms with Crippen LogP contribution in [0.3, 0.4) is 0 Å². The molecular weight excluding hydrogens is 344 g/mol. The molecule has 4 nitrogen and oxygen atoms in total. The van der Waals surface area contributed by atoms with Gasteiger partial charge in [0.2, 0.25) is 0 Å². The molecule has 0 radical (unpaired) electrons. The van der Waals surface area contributed by atoms with Gasteiger partial charge in [0, 0.05) is 75.1 Å². The molecule has 0 saturated heterocycles. The normalized spacial score (nSPS) is 22.8. The molecule has 2 aliphatic rings. The van der Waals surface area contributed by atoms with Crippen LogP contribution in [0.2, 0.25) is 0 Å². The van der Waals surface area contributed by atoms with Gasteiger partial charge in [0.15, 0.2) is 0 Å². The van der Waals surface area contributed by atoms with Gasteiger partial charge in [0.05, 0.1) is 0 Å². The summed E-state index contributed by atoms with van der Waals surface area (Å²) >= 11 is 0. The van der Waals surface area contributed by atoms with Crippen molar-refractivity contribution in [1.82, 2.24) is 18.9 Å². The van der Waals surface area contributed by atoms with E-state index in [-0.39, 0.29) is 0 Å². The standard InChI is InChI=1S/C24H30N4/c1-19-23-5-3-11-25(23)13-15-27(19)17-21-7-9-22(10-8-21)18-28-16-14-26-12-4-6-24(26)20(28)2/h3-12,19-20H,13-18H2,1-2H3/t19-,20-/m1/s1. The summed E-state index contributed by atoms with van der Waals surface area (Å²) in [6.07, 6.45) is 4.41. The van der Waals surface area contributed by atoms with Gasteiger partial charge in [-0.1, -0.05) is 24.3 Å². The Balaban J connectivity index is 1.23. The Hall–Kier alpha value is -2.30. The van der Waals surface area contributed by atoms with Crippen molar-refractivity contribution in [2.45, 2.75) is 52.1 Å². The van der Waals surface area contributed by atoms with E-state index >= 15 is 0 Å². The maximum absolute atomic E-state index is 2.59. The summed E-state index contributed by atoms with van der Waals surface area (Å²) in [7, 11) is 0. The Bertz CT molecular complexity index is 858. The van der Waals surface area contributed by atoms with Crippen molar-refractivity contribution in [1.29, 1.82) is 0 Å². The minimum absolute atomic E-state index is 0.480. The van der Waals surface area contributed by atoms with Gasteiger partial charge in [-0.25, -0.2) is 0 Å². The van der Waals surface area contributed by atoms with Crippen LogP contribution in [-0.4, -0.2) is 32.0 Å². The number of hydrogen-bond donors (Lipinski definition) is 0. The third-order valence-electron chi connectivity index (χ3n) is 6.73. The predicted molar refractivity (Wildman–Crippen MR) is 113 cm³/mol. The van der Waals surface area contributed by atoms with Gasteiger partial charge in [-0.3, -0.25) is 9.80 Å². The van der Waals surface area contributed by atoms with Crippen LogP contribution in [-0.2, 0) is 26.2 Å². The summed E-state index contributed by atoms with van der Waals surface area (Å²) in [5.41, 5.74) is 5.70. The largest absolute Gasteiger partial charge is 0.349 e. The van der Waals surface area contributed by atoms with E-state index in [1.54, 1.807) is 0 Å². The molecule has 4 heterocycles. The first-order chi connectivity index (χ1) is 13.7. The Morgan fingerprint density at radius 2 is 1.07 bits per heavy atom. The van der Waals surface area contributed by atoms with Crippen LogP contribution in [0.5, 0.6) is 0 Å². The van der Waals surface area contributed by atoms with E-state index in [4.69, 9.17) is 0 Å².